The first-order valence-electron chi connectivity index (χ1n) is 5.20. The third-order valence-corrected chi connectivity index (χ3v) is 4.32. The molecule has 2 N–H and O–H groups in total. The van der Waals surface area contributed by atoms with Crippen LogP contribution >= 0.6 is 11.3 Å². The molecule has 0 amide bonds. The second-order valence-electron chi connectivity index (χ2n) is 3.92. The molecule has 1 aliphatic heterocycles. The van der Waals surface area contributed by atoms with E-state index in [1.54, 1.807) is 6.07 Å². The van der Waals surface area contributed by atoms with Crippen LogP contribution in [0.3, 0.4) is 0 Å². The van der Waals surface area contributed by atoms with Gasteiger partial charge >= 0.3 is 5.97 Å². The molecule has 16 heavy (non-hydrogen) atoms. The molecule has 0 saturated carbocycles. The van der Waals surface area contributed by atoms with E-state index in [-0.39, 0.29) is 6.61 Å². The van der Waals surface area contributed by atoms with Gasteiger partial charge in [-0.2, -0.15) is 0 Å². The molecule has 4 nitrogen and oxygen atoms in total. The maximum absolute atomic E-state index is 11.5. The summed E-state index contributed by atoms with van der Waals surface area (Å²) in [5, 5.41) is 18.4. The van der Waals surface area contributed by atoms with Crippen LogP contribution in [0.1, 0.15) is 22.6 Å². The van der Waals surface area contributed by atoms with Crippen LogP contribution in [0.25, 0.3) is 0 Å². The number of hydrogen-bond acceptors (Lipinski definition) is 4. The molecule has 5 heteroatoms. The van der Waals surface area contributed by atoms with Crippen LogP contribution in [0.4, 0.5) is 0 Å². The summed E-state index contributed by atoms with van der Waals surface area (Å²) in [6.45, 7) is 0.939. The van der Waals surface area contributed by atoms with Gasteiger partial charge in [-0.3, -0.25) is 4.79 Å². The zero-order chi connectivity index (χ0) is 11.6. The van der Waals surface area contributed by atoms with Gasteiger partial charge in [-0.25, -0.2) is 0 Å². The molecule has 1 aromatic rings. The number of aliphatic hydroxyl groups excluding tert-OH is 1. The minimum absolute atomic E-state index is 0.0309. The Morgan fingerprint density at radius 3 is 2.62 bits per heavy atom. The van der Waals surface area contributed by atoms with Crippen molar-refractivity contribution in [2.45, 2.75) is 24.9 Å². The van der Waals surface area contributed by atoms with E-state index < -0.39 is 11.4 Å². The van der Waals surface area contributed by atoms with E-state index in [1.807, 2.05) is 6.07 Å². The second-order valence-corrected chi connectivity index (χ2v) is 5.09. The Balaban J connectivity index is 2.34. The van der Waals surface area contributed by atoms with Crippen molar-refractivity contribution in [3.63, 3.8) is 0 Å². The Kier molecular flexibility index (Phi) is 3.28. The highest BCUT2D eigenvalue weighted by Gasteiger charge is 2.42. The van der Waals surface area contributed by atoms with Gasteiger partial charge in [0.15, 0.2) is 0 Å². The van der Waals surface area contributed by atoms with Gasteiger partial charge in [0.05, 0.1) is 6.61 Å². The Labute approximate surface area is 97.5 Å². The van der Waals surface area contributed by atoms with Gasteiger partial charge in [0.2, 0.25) is 0 Å². The van der Waals surface area contributed by atoms with Gasteiger partial charge in [0.1, 0.15) is 5.41 Å². The summed E-state index contributed by atoms with van der Waals surface area (Å²) < 4.78 is 5.22. The normalized spacial score (nSPS) is 19.6. The van der Waals surface area contributed by atoms with E-state index >= 15 is 0 Å². The zero-order valence-electron chi connectivity index (χ0n) is 8.81. The zero-order valence-corrected chi connectivity index (χ0v) is 9.63. The van der Waals surface area contributed by atoms with Crippen LogP contribution in [0.15, 0.2) is 12.1 Å². The molecule has 0 bridgehead atoms. The highest BCUT2D eigenvalue weighted by atomic mass is 32.1. The van der Waals surface area contributed by atoms with Crippen LogP contribution in [-0.4, -0.2) is 29.4 Å². The van der Waals surface area contributed by atoms with Crippen LogP contribution in [0, 0.1) is 0 Å². The molecule has 0 spiro atoms. The molecule has 88 valence electrons. The van der Waals surface area contributed by atoms with E-state index in [0.717, 1.165) is 9.75 Å². The third kappa shape index (κ3) is 1.86. The minimum atomic E-state index is -0.809. The van der Waals surface area contributed by atoms with Crippen molar-refractivity contribution >= 4 is 17.3 Å². The Morgan fingerprint density at radius 2 is 2.12 bits per heavy atom. The van der Waals surface area contributed by atoms with Gasteiger partial charge < -0.3 is 14.9 Å². The molecular formula is C11H14O4S. The molecule has 1 fully saturated rings. The number of carboxylic acid groups (broad SMARTS) is 1. The van der Waals surface area contributed by atoms with E-state index in [0.29, 0.717) is 26.1 Å². The second kappa shape index (κ2) is 4.53. The average Bonchev–Trinajstić information content (AvgIpc) is 2.78. The van der Waals surface area contributed by atoms with E-state index in [1.165, 1.54) is 11.3 Å². The standard InChI is InChI=1S/C11H14O4S/c12-7-8-1-2-9(16-8)11(10(13)14)3-5-15-6-4-11/h1-2,12H,3-7H2,(H,13,14). The first-order chi connectivity index (χ1) is 7.69. The summed E-state index contributed by atoms with van der Waals surface area (Å²) in [5.41, 5.74) is -0.809. The first kappa shape index (κ1) is 11.6. The fourth-order valence-corrected chi connectivity index (χ4v) is 3.11. The maximum atomic E-state index is 11.5. The van der Waals surface area contributed by atoms with E-state index in [4.69, 9.17) is 9.84 Å². The van der Waals surface area contributed by atoms with Crippen LogP contribution in [0.2, 0.25) is 0 Å². The number of carboxylic acids is 1. The Morgan fingerprint density at radius 1 is 1.44 bits per heavy atom. The lowest BCUT2D eigenvalue weighted by Crippen LogP contribution is -2.40. The Hall–Kier alpha value is -0.910. The fourth-order valence-electron chi connectivity index (χ4n) is 2.01. The third-order valence-electron chi connectivity index (χ3n) is 3.04. The van der Waals surface area contributed by atoms with Crippen LogP contribution in [-0.2, 0) is 21.6 Å². The average molecular weight is 242 g/mol. The van der Waals surface area contributed by atoms with Gasteiger partial charge in [0, 0.05) is 23.0 Å². The molecule has 0 atom stereocenters. The van der Waals surface area contributed by atoms with Crippen molar-refractivity contribution < 1.29 is 19.7 Å². The monoisotopic (exact) mass is 242 g/mol. The number of rotatable bonds is 3. The molecule has 0 radical (unpaired) electrons. The first-order valence-corrected chi connectivity index (χ1v) is 6.02. The summed E-state index contributed by atoms with van der Waals surface area (Å²) in [5.74, 6) is -0.790. The number of carbonyl (C=O) groups is 1. The lowest BCUT2D eigenvalue weighted by atomic mass is 9.79. The molecule has 1 aromatic heterocycles. The topological polar surface area (TPSA) is 66.8 Å². The highest BCUT2D eigenvalue weighted by molar-refractivity contribution is 7.12. The summed E-state index contributed by atoms with van der Waals surface area (Å²) >= 11 is 1.38. The smallest absolute Gasteiger partial charge is 0.315 e. The molecule has 1 saturated heterocycles. The van der Waals surface area contributed by atoms with Crippen LogP contribution in [0.5, 0.6) is 0 Å². The predicted octanol–water partition coefficient (Wildman–Crippen LogP) is 1.37. The van der Waals surface area contributed by atoms with E-state index in [2.05, 4.69) is 0 Å². The molecular weight excluding hydrogens is 228 g/mol. The quantitative estimate of drug-likeness (QED) is 0.840. The summed E-state index contributed by atoms with van der Waals surface area (Å²) in [6.07, 6.45) is 1.02. The van der Waals surface area contributed by atoms with Gasteiger partial charge in [-0.1, -0.05) is 0 Å². The molecule has 0 aliphatic carbocycles. The lowest BCUT2D eigenvalue weighted by molar-refractivity contribution is -0.147. The van der Waals surface area contributed by atoms with Crippen molar-refractivity contribution in [3.05, 3.63) is 21.9 Å². The Bertz CT molecular complexity index is 379. The lowest BCUT2D eigenvalue weighted by Gasteiger charge is -2.32. The number of aliphatic hydroxyl groups is 1. The van der Waals surface area contributed by atoms with Crippen molar-refractivity contribution in [2.75, 3.05) is 13.2 Å². The van der Waals surface area contributed by atoms with Gasteiger partial charge in [-0.05, 0) is 25.0 Å². The van der Waals surface area contributed by atoms with Crippen molar-refractivity contribution in [3.8, 4) is 0 Å². The number of aliphatic carboxylic acids is 1. The predicted molar refractivity (Wildman–Crippen MR) is 59.6 cm³/mol. The molecule has 2 heterocycles. The van der Waals surface area contributed by atoms with E-state index in [9.17, 15) is 9.90 Å². The molecule has 2 rings (SSSR count). The summed E-state index contributed by atoms with van der Waals surface area (Å²) in [7, 11) is 0. The fraction of sp³-hybridized carbons (Fsp3) is 0.545. The molecule has 0 unspecified atom stereocenters. The van der Waals surface area contributed by atoms with Gasteiger partial charge in [-0.15, -0.1) is 11.3 Å². The van der Waals surface area contributed by atoms with Crippen molar-refractivity contribution in [1.29, 1.82) is 0 Å². The number of ether oxygens (including phenoxy) is 1. The number of thiophene rings is 1. The summed E-state index contributed by atoms with van der Waals surface area (Å²) in [4.78, 5) is 13.1. The molecule has 1 aliphatic rings. The highest BCUT2D eigenvalue weighted by Crippen LogP contribution is 2.39. The maximum Gasteiger partial charge on any atom is 0.315 e. The summed E-state index contributed by atoms with van der Waals surface area (Å²) in [6, 6.07) is 3.61. The number of hydrogen-bond donors (Lipinski definition) is 2. The largest absolute Gasteiger partial charge is 0.481 e. The minimum Gasteiger partial charge on any atom is -0.481 e. The van der Waals surface area contributed by atoms with Crippen molar-refractivity contribution in [1.82, 2.24) is 0 Å². The van der Waals surface area contributed by atoms with Gasteiger partial charge in [0.25, 0.3) is 0 Å². The van der Waals surface area contributed by atoms with Crippen molar-refractivity contribution in [2.24, 2.45) is 0 Å². The molecule has 0 aromatic carbocycles. The SMILES string of the molecule is O=C(O)C1(c2ccc(CO)s2)CCOCC1. The van der Waals surface area contributed by atoms with Crippen LogP contribution < -0.4 is 0 Å².